The van der Waals surface area contributed by atoms with Gasteiger partial charge in [-0.05, 0) is 17.5 Å². The summed E-state index contributed by atoms with van der Waals surface area (Å²) in [7, 11) is 0. The molecule has 1 N–H and O–H groups in total. The van der Waals surface area contributed by atoms with Crippen molar-refractivity contribution in [2.45, 2.75) is 6.61 Å². The third kappa shape index (κ3) is 3.07. The number of hydrogen-bond acceptors (Lipinski definition) is 7. The Morgan fingerprint density at radius 3 is 3.09 bits per heavy atom. The average Bonchev–Trinajstić information content (AvgIpc) is 3.18. The summed E-state index contributed by atoms with van der Waals surface area (Å²) in [5.41, 5.74) is 0.483. The van der Waals surface area contributed by atoms with Crippen molar-refractivity contribution in [1.82, 2.24) is 15.1 Å². The zero-order valence-corrected chi connectivity index (χ0v) is 12.5. The fourth-order valence-electron chi connectivity index (χ4n) is 1.61. The van der Waals surface area contributed by atoms with Gasteiger partial charge in [0.05, 0.1) is 5.56 Å². The van der Waals surface area contributed by atoms with Crippen LogP contribution in [0.4, 0.5) is 0 Å². The number of hydrogen-bond donors (Lipinski definition) is 1. The van der Waals surface area contributed by atoms with E-state index in [1.165, 1.54) is 23.6 Å². The number of aromatic amines is 1. The topological polar surface area (TPSA) is 98.1 Å². The van der Waals surface area contributed by atoms with Gasteiger partial charge in [-0.2, -0.15) is 16.3 Å². The van der Waals surface area contributed by atoms with E-state index < -0.39 is 11.5 Å². The molecule has 0 saturated heterocycles. The molecule has 7 nitrogen and oxygen atoms in total. The van der Waals surface area contributed by atoms with Gasteiger partial charge in [0.25, 0.3) is 11.4 Å². The molecule has 0 bridgehead atoms. The highest BCUT2D eigenvalue weighted by Gasteiger charge is 2.13. The third-order valence-corrected chi connectivity index (χ3v) is 3.63. The normalized spacial score (nSPS) is 10.6. The SMILES string of the molecule is O=C(OCc1nc(-c2ccsc2)no1)c1c[nH]c(=O)c(Cl)c1. The lowest BCUT2D eigenvalue weighted by atomic mass is 10.3. The van der Waals surface area contributed by atoms with E-state index in [-0.39, 0.29) is 23.1 Å². The number of ether oxygens (including phenoxy) is 1. The first-order valence-corrected chi connectivity index (χ1v) is 7.36. The second kappa shape index (κ2) is 6.12. The summed E-state index contributed by atoms with van der Waals surface area (Å²) in [5.74, 6) is -0.0575. The lowest BCUT2D eigenvalue weighted by Gasteiger charge is -2.01. The van der Waals surface area contributed by atoms with Crippen LogP contribution in [0.3, 0.4) is 0 Å². The van der Waals surface area contributed by atoms with Crippen LogP contribution >= 0.6 is 22.9 Å². The molecule has 112 valence electrons. The van der Waals surface area contributed by atoms with Gasteiger partial charge in [-0.3, -0.25) is 4.79 Å². The Balaban J connectivity index is 1.66. The second-order valence-corrected chi connectivity index (χ2v) is 5.35. The van der Waals surface area contributed by atoms with Gasteiger partial charge in [0.15, 0.2) is 6.61 Å². The van der Waals surface area contributed by atoms with Crippen LogP contribution in [0, 0.1) is 0 Å². The highest BCUT2D eigenvalue weighted by molar-refractivity contribution is 7.08. The van der Waals surface area contributed by atoms with Gasteiger partial charge in [0.1, 0.15) is 5.02 Å². The first-order chi connectivity index (χ1) is 10.6. The minimum atomic E-state index is -0.659. The molecule has 3 aromatic rings. The van der Waals surface area contributed by atoms with E-state index in [1.54, 1.807) is 0 Å². The largest absolute Gasteiger partial charge is 0.452 e. The molecule has 0 fully saturated rings. The minimum absolute atomic E-state index is 0.0908. The smallest absolute Gasteiger partial charge is 0.340 e. The molecule has 3 rings (SSSR count). The summed E-state index contributed by atoms with van der Waals surface area (Å²) in [6.45, 7) is -0.174. The molecule has 0 unspecified atom stereocenters. The maximum absolute atomic E-state index is 11.8. The van der Waals surface area contributed by atoms with Crippen LogP contribution in [-0.4, -0.2) is 21.1 Å². The summed E-state index contributed by atoms with van der Waals surface area (Å²) in [6.07, 6.45) is 1.22. The van der Waals surface area contributed by atoms with Gasteiger partial charge < -0.3 is 14.2 Å². The Hall–Kier alpha value is -2.45. The van der Waals surface area contributed by atoms with Gasteiger partial charge in [0.2, 0.25) is 5.82 Å². The van der Waals surface area contributed by atoms with Gasteiger partial charge in [0, 0.05) is 17.1 Å². The van der Waals surface area contributed by atoms with Crippen molar-refractivity contribution in [3.8, 4) is 11.4 Å². The molecule has 0 aliphatic heterocycles. The first-order valence-electron chi connectivity index (χ1n) is 6.04. The number of rotatable bonds is 4. The van der Waals surface area contributed by atoms with E-state index in [4.69, 9.17) is 20.9 Å². The number of thiophene rings is 1. The van der Waals surface area contributed by atoms with E-state index in [0.717, 1.165) is 5.56 Å². The molecule has 3 aromatic heterocycles. The summed E-state index contributed by atoms with van der Waals surface area (Å²) < 4.78 is 10.0. The van der Waals surface area contributed by atoms with Gasteiger partial charge >= 0.3 is 5.97 Å². The number of nitrogens with one attached hydrogen (secondary N) is 1. The summed E-state index contributed by atoms with van der Waals surface area (Å²) in [6, 6.07) is 3.08. The first kappa shape index (κ1) is 14.5. The van der Waals surface area contributed by atoms with Gasteiger partial charge in [-0.15, -0.1) is 0 Å². The molecule has 0 saturated carbocycles. The molecule has 0 radical (unpaired) electrons. The van der Waals surface area contributed by atoms with Crippen LogP contribution in [0.1, 0.15) is 16.2 Å². The molecule has 3 heterocycles. The molecule has 9 heteroatoms. The predicted octanol–water partition coefficient (Wildman–Crippen LogP) is 2.50. The maximum atomic E-state index is 11.8. The van der Waals surface area contributed by atoms with Crippen LogP contribution in [0.15, 0.2) is 38.4 Å². The average molecular weight is 338 g/mol. The fraction of sp³-hybridized carbons (Fsp3) is 0.0769. The number of H-pyrrole nitrogens is 1. The van der Waals surface area contributed by atoms with Crippen molar-refractivity contribution >= 4 is 28.9 Å². The molecule has 0 spiro atoms. The lowest BCUT2D eigenvalue weighted by molar-refractivity contribution is 0.0429. The number of pyridine rings is 1. The third-order valence-electron chi connectivity index (χ3n) is 2.67. The van der Waals surface area contributed by atoms with E-state index in [2.05, 4.69) is 15.1 Å². The molecule has 0 amide bonds. The zero-order valence-electron chi connectivity index (χ0n) is 10.9. The molecular weight excluding hydrogens is 330 g/mol. The molecule has 0 aromatic carbocycles. The number of nitrogens with zero attached hydrogens (tertiary/aromatic N) is 2. The van der Waals surface area contributed by atoms with E-state index >= 15 is 0 Å². The van der Waals surface area contributed by atoms with Gasteiger partial charge in [-0.25, -0.2) is 4.79 Å². The monoisotopic (exact) mass is 337 g/mol. The number of carbonyl (C=O) groups excluding carboxylic acids is 1. The number of halogens is 1. The summed E-state index contributed by atoms with van der Waals surface area (Å²) in [5, 5.41) is 7.48. The number of esters is 1. The van der Waals surface area contributed by atoms with Crippen LogP contribution in [0.2, 0.25) is 5.02 Å². The molecule has 0 aliphatic carbocycles. The molecule has 0 atom stereocenters. The van der Waals surface area contributed by atoms with Crippen molar-refractivity contribution in [1.29, 1.82) is 0 Å². The second-order valence-electron chi connectivity index (χ2n) is 4.17. The van der Waals surface area contributed by atoms with Crippen molar-refractivity contribution in [2.24, 2.45) is 0 Å². The Bertz CT molecular complexity index is 856. The van der Waals surface area contributed by atoms with Crippen LogP contribution in [-0.2, 0) is 11.3 Å². The molecular formula is C13H8ClN3O4S. The highest BCUT2D eigenvalue weighted by atomic mass is 35.5. The van der Waals surface area contributed by atoms with E-state index in [9.17, 15) is 9.59 Å². The van der Waals surface area contributed by atoms with Crippen molar-refractivity contribution in [3.05, 3.63) is 55.9 Å². The Kier molecular flexibility index (Phi) is 4.03. The highest BCUT2D eigenvalue weighted by Crippen LogP contribution is 2.19. The number of carbonyl (C=O) groups is 1. The standard InChI is InChI=1S/C13H8ClN3O4S/c14-9-3-8(4-15-12(9)18)13(19)20-5-10-16-11(17-21-10)7-1-2-22-6-7/h1-4,6H,5H2,(H,15,18). The minimum Gasteiger partial charge on any atom is -0.452 e. The summed E-state index contributed by atoms with van der Waals surface area (Å²) in [4.78, 5) is 29.4. The van der Waals surface area contributed by atoms with Crippen LogP contribution < -0.4 is 5.56 Å². The Morgan fingerprint density at radius 2 is 2.36 bits per heavy atom. The maximum Gasteiger partial charge on any atom is 0.340 e. The fourth-order valence-corrected chi connectivity index (χ4v) is 2.41. The van der Waals surface area contributed by atoms with Crippen molar-refractivity contribution < 1.29 is 14.1 Å². The Labute approximate surface area is 132 Å². The molecule has 22 heavy (non-hydrogen) atoms. The Morgan fingerprint density at radius 1 is 1.50 bits per heavy atom. The van der Waals surface area contributed by atoms with E-state index in [1.807, 2.05) is 16.8 Å². The zero-order chi connectivity index (χ0) is 15.5. The summed E-state index contributed by atoms with van der Waals surface area (Å²) >= 11 is 7.16. The number of aromatic nitrogens is 3. The van der Waals surface area contributed by atoms with Gasteiger partial charge in [-0.1, -0.05) is 16.8 Å². The van der Waals surface area contributed by atoms with Crippen LogP contribution in [0.25, 0.3) is 11.4 Å². The molecule has 0 aliphatic rings. The van der Waals surface area contributed by atoms with Crippen molar-refractivity contribution in [3.63, 3.8) is 0 Å². The van der Waals surface area contributed by atoms with Crippen molar-refractivity contribution in [2.75, 3.05) is 0 Å². The van der Waals surface area contributed by atoms with E-state index in [0.29, 0.717) is 5.82 Å². The van der Waals surface area contributed by atoms with Crippen LogP contribution in [0.5, 0.6) is 0 Å². The lowest BCUT2D eigenvalue weighted by Crippen LogP contribution is -2.11. The predicted molar refractivity (Wildman–Crippen MR) is 78.8 cm³/mol. The quantitative estimate of drug-likeness (QED) is 0.734.